The number of phenols is 1. The molecule has 1 aliphatic heterocycles. The zero-order chi connectivity index (χ0) is 18.6. The molecule has 2 rings (SSSR count). The Kier molecular flexibility index (Phi) is 6.34. The van der Waals surface area contributed by atoms with Gasteiger partial charge in [-0.2, -0.15) is 0 Å². The van der Waals surface area contributed by atoms with Gasteiger partial charge in [-0.3, -0.25) is 0 Å². The number of ether oxygens (including phenoxy) is 3. The van der Waals surface area contributed by atoms with E-state index in [4.69, 9.17) is 19.3 Å². The number of rotatable bonds is 5. The predicted octanol–water partition coefficient (Wildman–Crippen LogP) is -1.24. The Morgan fingerprint density at radius 1 is 1.24 bits per heavy atom. The summed E-state index contributed by atoms with van der Waals surface area (Å²) in [5.41, 5.74) is 0.490. The van der Waals surface area contributed by atoms with Crippen LogP contribution in [-0.2, 0) is 14.3 Å². The Labute approximate surface area is 143 Å². The van der Waals surface area contributed by atoms with Crippen molar-refractivity contribution in [2.45, 2.75) is 30.7 Å². The van der Waals surface area contributed by atoms with Crippen molar-refractivity contribution >= 4 is 12.0 Å². The van der Waals surface area contributed by atoms with Crippen molar-refractivity contribution in [3.8, 4) is 11.5 Å². The van der Waals surface area contributed by atoms with Gasteiger partial charge >= 0.3 is 5.97 Å². The molecule has 1 heterocycles. The predicted molar refractivity (Wildman–Crippen MR) is 83.6 cm³/mol. The van der Waals surface area contributed by atoms with E-state index in [0.717, 1.165) is 6.08 Å². The minimum atomic E-state index is -1.67. The maximum atomic E-state index is 11.8. The first-order valence-corrected chi connectivity index (χ1v) is 7.43. The van der Waals surface area contributed by atoms with E-state index in [2.05, 4.69) is 0 Å². The molecule has 9 heteroatoms. The van der Waals surface area contributed by atoms with Gasteiger partial charge in [-0.15, -0.1) is 0 Å². The van der Waals surface area contributed by atoms with E-state index < -0.39 is 43.3 Å². The van der Waals surface area contributed by atoms with Gasteiger partial charge < -0.3 is 39.7 Å². The zero-order valence-corrected chi connectivity index (χ0v) is 13.3. The molecule has 5 unspecified atom stereocenters. The summed E-state index contributed by atoms with van der Waals surface area (Å²) >= 11 is 0. The third-order valence-electron chi connectivity index (χ3n) is 3.70. The highest BCUT2D eigenvalue weighted by atomic mass is 16.7. The summed E-state index contributed by atoms with van der Waals surface area (Å²) in [6, 6.07) is 4.48. The van der Waals surface area contributed by atoms with Gasteiger partial charge in [-0.05, 0) is 23.8 Å². The number of hydrogen-bond acceptors (Lipinski definition) is 9. The summed E-state index contributed by atoms with van der Waals surface area (Å²) in [7, 11) is 1.41. The highest BCUT2D eigenvalue weighted by Crippen LogP contribution is 2.27. The van der Waals surface area contributed by atoms with Gasteiger partial charge in [0.15, 0.2) is 11.5 Å². The SMILES string of the molecule is COc1ccc(C=CC(=O)OC2OC(CO)C(O)C(O)C2O)cc1O. The number of esters is 1. The second-order valence-electron chi connectivity index (χ2n) is 5.40. The van der Waals surface area contributed by atoms with E-state index in [-0.39, 0.29) is 11.5 Å². The van der Waals surface area contributed by atoms with Crippen molar-refractivity contribution in [3.05, 3.63) is 29.8 Å². The summed E-state index contributed by atoms with van der Waals surface area (Å²) in [4.78, 5) is 11.8. The smallest absolute Gasteiger partial charge is 0.333 e. The van der Waals surface area contributed by atoms with Crippen molar-refractivity contribution in [1.29, 1.82) is 0 Å². The second-order valence-corrected chi connectivity index (χ2v) is 5.40. The molecule has 9 nitrogen and oxygen atoms in total. The lowest BCUT2D eigenvalue weighted by Crippen LogP contribution is -2.59. The molecule has 1 aromatic rings. The van der Waals surface area contributed by atoms with Crippen LogP contribution in [0.5, 0.6) is 11.5 Å². The van der Waals surface area contributed by atoms with Gasteiger partial charge in [0.25, 0.3) is 0 Å². The number of phenolic OH excluding ortho intramolecular Hbond substituents is 1. The van der Waals surface area contributed by atoms with Crippen LogP contribution in [0.3, 0.4) is 0 Å². The third kappa shape index (κ3) is 4.47. The van der Waals surface area contributed by atoms with E-state index in [1.807, 2.05) is 0 Å². The minimum absolute atomic E-state index is 0.105. The van der Waals surface area contributed by atoms with Crippen molar-refractivity contribution in [1.82, 2.24) is 0 Å². The number of aliphatic hydroxyl groups is 4. The standard InChI is InChI=1S/C16H20O9/c1-23-10-4-2-8(6-9(10)18)3-5-12(19)25-16-15(22)14(21)13(20)11(7-17)24-16/h2-6,11,13-18,20-22H,7H2,1H3. The lowest BCUT2D eigenvalue weighted by atomic mass is 9.99. The Morgan fingerprint density at radius 3 is 2.56 bits per heavy atom. The summed E-state index contributed by atoms with van der Waals surface area (Å²) in [6.45, 7) is -0.625. The highest BCUT2D eigenvalue weighted by molar-refractivity contribution is 5.87. The Balaban J connectivity index is 2.00. The number of hydrogen-bond donors (Lipinski definition) is 5. The third-order valence-corrected chi connectivity index (χ3v) is 3.70. The van der Waals surface area contributed by atoms with Gasteiger partial charge in [-0.1, -0.05) is 6.07 Å². The maximum Gasteiger partial charge on any atom is 0.333 e. The Bertz CT molecular complexity index is 628. The van der Waals surface area contributed by atoms with Crippen LogP contribution in [0.2, 0.25) is 0 Å². The van der Waals surface area contributed by atoms with Crippen molar-refractivity contribution in [2.75, 3.05) is 13.7 Å². The van der Waals surface area contributed by atoms with E-state index in [1.165, 1.54) is 25.3 Å². The molecule has 5 N–H and O–H groups in total. The molecular weight excluding hydrogens is 336 g/mol. The van der Waals surface area contributed by atoms with Crippen LogP contribution in [0.25, 0.3) is 6.08 Å². The van der Waals surface area contributed by atoms with Crippen LogP contribution in [0.4, 0.5) is 0 Å². The molecule has 0 bridgehead atoms. The number of methoxy groups -OCH3 is 1. The fourth-order valence-electron chi connectivity index (χ4n) is 2.29. The van der Waals surface area contributed by atoms with Crippen LogP contribution in [0.1, 0.15) is 5.56 Å². The average molecular weight is 356 g/mol. The van der Waals surface area contributed by atoms with E-state index in [1.54, 1.807) is 6.07 Å². The summed E-state index contributed by atoms with van der Waals surface area (Å²) < 4.78 is 14.8. The Morgan fingerprint density at radius 2 is 1.96 bits per heavy atom. The van der Waals surface area contributed by atoms with Gasteiger partial charge in [0, 0.05) is 6.08 Å². The van der Waals surface area contributed by atoms with Gasteiger partial charge in [0.05, 0.1) is 13.7 Å². The molecular formula is C16H20O9. The van der Waals surface area contributed by atoms with E-state index >= 15 is 0 Å². The van der Waals surface area contributed by atoms with Crippen molar-refractivity contribution < 1.29 is 44.5 Å². The Hall–Kier alpha value is -2.17. The molecule has 1 saturated heterocycles. The number of aliphatic hydroxyl groups excluding tert-OH is 4. The zero-order valence-electron chi connectivity index (χ0n) is 13.3. The lowest BCUT2D eigenvalue weighted by Gasteiger charge is -2.38. The summed E-state index contributed by atoms with van der Waals surface area (Å²) in [5.74, 6) is -0.715. The number of carbonyl (C=O) groups is 1. The molecule has 0 saturated carbocycles. The number of benzene rings is 1. The first-order chi connectivity index (χ1) is 11.9. The second kappa shape index (κ2) is 8.28. The summed E-state index contributed by atoms with van der Waals surface area (Å²) in [6.07, 6.45) is -5.16. The van der Waals surface area contributed by atoms with Crippen LogP contribution in [0, 0.1) is 0 Å². The van der Waals surface area contributed by atoms with Crippen LogP contribution < -0.4 is 4.74 Å². The average Bonchev–Trinajstić information content (AvgIpc) is 2.60. The largest absolute Gasteiger partial charge is 0.504 e. The normalized spacial score (nSPS) is 29.6. The molecule has 138 valence electrons. The van der Waals surface area contributed by atoms with Gasteiger partial charge in [-0.25, -0.2) is 4.79 Å². The first-order valence-electron chi connectivity index (χ1n) is 7.43. The maximum absolute atomic E-state index is 11.8. The molecule has 0 aliphatic carbocycles. The van der Waals surface area contributed by atoms with Crippen molar-refractivity contribution in [2.24, 2.45) is 0 Å². The molecule has 0 aromatic heterocycles. The summed E-state index contributed by atoms with van der Waals surface area (Å²) in [5, 5.41) is 47.8. The fourth-order valence-corrected chi connectivity index (χ4v) is 2.29. The van der Waals surface area contributed by atoms with Crippen molar-refractivity contribution in [3.63, 3.8) is 0 Å². The first kappa shape index (κ1) is 19.2. The number of carbonyl (C=O) groups excluding carboxylic acids is 1. The van der Waals surface area contributed by atoms with E-state index in [9.17, 15) is 25.2 Å². The topological polar surface area (TPSA) is 146 Å². The quantitative estimate of drug-likeness (QED) is 0.323. The van der Waals surface area contributed by atoms with Crippen LogP contribution in [-0.4, -0.2) is 75.9 Å². The van der Waals surface area contributed by atoms with Crippen LogP contribution in [0.15, 0.2) is 24.3 Å². The number of aromatic hydroxyl groups is 1. The molecule has 0 spiro atoms. The molecule has 0 amide bonds. The van der Waals surface area contributed by atoms with Crippen LogP contribution >= 0.6 is 0 Å². The lowest BCUT2D eigenvalue weighted by molar-refractivity contribution is -0.291. The van der Waals surface area contributed by atoms with Gasteiger partial charge in [0.1, 0.15) is 24.4 Å². The monoisotopic (exact) mass is 356 g/mol. The molecule has 5 atom stereocenters. The molecule has 1 aliphatic rings. The van der Waals surface area contributed by atoms with Gasteiger partial charge in [0.2, 0.25) is 6.29 Å². The molecule has 0 radical (unpaired) electrons. The molecule has 1 aromatic carbocycles. The fraction of sp³-hybridized carbons (Fsp3) is 0.438. The molecule has 1 fully saturated rings. The minimum Gasteiger partial charge on any atom is -0.504 e. The highest BCUT2D eigenvalue weighted by Gasteiger charge is 2.45. The molecule has 25 heavy (non-hydrogen) atoms. The van der Waals surface area contributed by atoms with E-state index in [0.29, 0.717) is 5.56 Å².